The largest absolute Gasteiger partial charge is 0.496 e. The van der Waals surface area contributed by atoms with Gasteiger partial charge in [-0.25, -0.2) is 0 Å². The van der Waals surface area contributed by atoms with Gasteiger partial charge in [0.25, 0.3) is 0 Å². The Balaban J connectivity index is 2.21. The summed E-state index contributed by atoms with van der Waals surface area (Å²) in [7, 11) is 3.69. The predicted octanol–water partition coefficient (Wildman–Crippen LogP) is 3.21. The van der Waals surface area contributed by atoms with E-state index in [0.29, 0.717) is 0 Å². The lowest BCUT2D eigenvalue weighted by atomic mass is 10.00. The van der Waals surface area contributed by atoms with Crippen LogP contribution in [-0.4, -0.2) is 19.1 Å². The number of likely N-dealkylation sites (N-methyl/N-ethyl adjacent to an activating group) is 1. The summed E-state index contributed by atoms with van der Waals surface area (Å²) in [5.74, 6) is 0.930. The lowest BCUT2D eigenvalue weighted by Gasteiger charge is -2.18. The minimum absolute atomic E-state index is 0.236. The minimum Gasteiger partial charge on any atom is -0.496 e. The zero-order valence-corrected chi connectivity index (χ0v) is 12.6. The number of pyridine rings is 1. The van der Waals surface area contributed by atoms with Crippen LogP contribution in [-0.2, 0) is 6.42 Å². The molecule has 20 heavy (non-hydrogen) atoms. The Hall–Kier alpha value is -1.87. The molecule has 0 amide bonds. The second kappa shape index (κ2) is 6.53. The fourth-order valence-corrected chi connectivity index (χ4v) is 2.27. The number of nitrogens with one attached hydrogen (secondary N) is 1. The van der Waals surface area contributed by atoms with Crippen molar-refractivity contribution in [2.75, 3.05) is 14.2 Å². The van der Waals surface area contributed by atoms with Gasteiger partial charge in [-0.15, -0.1) is 0 Å². The van der Waals surface area contributed by atoms with Crippen molar-refractivity contribution in [1.29, 1.82) is 0 Å². The monoisotopic (exact) mass is 270 g/mol. The lowest BCUT2D eigenvalue weighted by molar-refractivity contribution is 0.410. The summed E-state index contributed by atoms with van der Waals surface area (Å²) in [5, 5.41) is 3.36. The molecule has 2 rings (SSSR count). The topological polar surface area (TPSA) is 34.2 Å². The number of aromatic nitrogens is 1. The van der Waals surface area contributed by atoms with Crippen molar-refractivity contribution in [3.8, 4) is 5.75 Å². The fourth-order valence-electron chi connectivity index (χ4n) is 2.27. The average molecular weight is 270 g/mol. The van der Waals surface area contributed by atoms with E-state index < -0.39 is 0 Å². The number of methoxy groups -OCH3 is 1. The Morgan fingerprint density at radius 2 is 2.00 bits per heavy atom. The highest BCUT2D eigenvalue weighted by atomic mass is 16.5. The van der Waals surface area contributed by atoms with Crippen LogP contribution in [0.1, 0.15) is 28.4 Å². The van der Waals surface area contributed by atoms with Gasteiger partial charge in [0, 0.05) is 24.4 Å². The molecule has 3 heteroatoms. The Bertz CT molecular complexity index is 564. The normalized spacial score (nSPS) is 12.2. The summed E-state index contributed by atoms with van der Waals surface area (Å²) in [6, 6.07) is 10.8. The summed E-state index contributed by atoms with van der Waals surface area (Å²) in [6.07, 6.45) is 2.78. The molecule has 0 aliphatic carbocycles. The van der Waals surface area contributed by atoms with Gasteiger partial charge < -0.3 is 10.1 Å². The van der Waals surface area contributed by atoms with E-state index >= 15 is 0 Å². The maximum Gasteiger partial charge on any atom is 0.122 e. The number of hydrogen-bond acceptors (Lipinski definition) is 3. The molecule has 1 heterocycles. The predicted molar refractivity (Wildman–Crippen MR) is 82.2 cm³/mol. The highest BCUT2D eigenvalue weighted by Crippen LogP contribution is 2.25. The molecule has 1 atom stereocenters. The first-order chi connectivity index (χ1) is 9.63. The molecule has 0 radical (unpaired) electrons. The molecule has 2 aromatic rings. The maximum absolute atomic E-state index is 5.40. The molecule has 0 aliphatic heterocycles. The molecule has 106 valence electrons. The van der Waals surface area contributed by atoms with Crippen molar-refractivity contribution in [2.45, 2.75) is 26.3 Å². The summed E-state index contributed by atoms with van der Waals surface area (Å²) in [5.41, 5.74) is 4.65. The zero-order valence-electron chi connectivity index (χ0n) is 12.6. The van der Waals surface area contributed by atoms with Crippen molar-refractivity contribution >= 4 is 0 Å². The van der Waals surface area contributed by atoms with E-state index in [1.807, 2.05) is 13.2 Å². The zero-order chi connectivity index (χ0) is 14.5. The Kier molecular flexibility index (Phi) is 4.74. The van der Waals surface area contributed by atoms with Crippen LogP contribution in [0, 0.1) is 13.8 Å². The minimum atomic E-state index is 0.236. The standard InChI is InChI=1S/C17H22N2O/c1-12-5-8-15(19-11-12)10-16(18-3)14-7-6-13(2)17(9-14)20-4/h5-9,11,16,18H,10H2,1-4H3. The van der Waals surface area contributed by atoms with Crippen molar-refractivity contribution in [2.24, 2.45) is 0 Å². The molecule has 1 unspecified atom stereocenters. The van der Waals surface area contributed by atoms with Gasteiger partial charge in [0.15, 0.2) is 0 Å². The van der Waals surface area contributed by atoms with Gasteiger partial charge in [-0.05, 0) is 49.7 Å². The Labute approximate surface area is 121 Å². The second-order valence-electron chi connectivity index (χ2n) is 5.10. The number of hydrogen-bond donors (Lipinski definition) is 1. The highest BCUT2D eigenvalue weighted by molar-refractivity contribution is 5.38. The van der Waals surface area contributed by atoms with Gasteiger partial charge in [0.2, 0.25) is 0 Å². The van der Waals surface area contributed by atoms with E-state index in [0.717, 1.165) is 23.4 Å². The van der Waals surface area contributed by atoms with E-state index in [-0.39, 0.29) is 6.04 Å². The number of ether oxygens (including phenoxy) is 1. The first kappa shape index (κ1) is 14.5. The van der Waals surface area contributed by atoms with Crippen LogP contribution < -0.4 is 10.1 Å². The molecule has 0 saturated carbocycles. The number of nitrogens with zero attached hydrogens (tertiary/aromatic N) is 1. The van der Waals surface area contributed by atoms with Gasteiger partial charge in [-0.3, -0.25) is 4.98 Å². The summed E-state index contributed by atoms with van der Waals surface area (Å²) in [4.78, 5) is 4.48. The van der Waals surface area contributed by atoms with Crippen LogP contribution in [0.5, 0.6) is 5.75 Å². The van der Waals surface area contributed by atoms with Crippen LogP contribution in [0.4, 0.5) is 0 Å². The number of aryl methyl sites for hydroxylation is 2. The molecule has 0 saturated heterocycles. The molecular formula is C17H22N2O. The number of benzene rings is 1. The molecule has 0 bridgehead atoms. The molecular weight excluding hydrogens is 248 g/mol. The van der Waals surface area contributed by atoms with Crippen LogP contribution in [0.3, 0.4) is 0 Å². The van der Waals surface area contributed by atoms with Gasteiger partial charge in [-0.1, -0.05) is 18.2 Å². The van der Waals surface area contributed by atoms with Crippen molar-refractivity contribution in [3.05, 3.63) is 58.9 Å². The Morgan fingerprint density at radius 1 is 1.20 bits per heavy atom. The van der Waals surface area contributed by atoms with Gasteiger partial charge >= 0.3 is 0 Å². The highest BCUT2D eigenvalue weighted by Gasteiger charge is 2.12. The van der Waals surface area contributed by atoms with Crippen molar-refractivity contribution in [3.63, 3.8) is 0 Å². The van der Waals surface area contributed by atoms with Gasteiger partial charge in [-0.2, -0.15) is 0 Å². The van der Waals surface area contributed by atoms with E-state index in [1.165, 1.54) is 11.1 Å². The van der Waals surface area contributed by atoms with Gasteiger partial charge in [0.05, 0.1) is 7.11 Å². The van der Waals surface area contributed by atoms with E-state index in [2.05, 4.69) is 54.5 Å². The van der Waals surface area contributed by atoms with Crippen molar-refractivity contribution < 1.29 is 4.74 Å². The maximum atomic E-state index is 5.40. The van der Waals surface area contributed by atoms with E-state index in [1.54, 1.807) is 7.11 Å². The third kappa shape index (κ3) is 3.36. The van der Waals surface area contributed by atoms with E-state index in [4.69, 9.17) is 4.74 Å². The molecule has 0 fully saturated rings. The van der Waals surface area contributed by atoms with Crippen LogP contribution in [0.2, 0.25) is 0 Å². The van der Waals surface area contributed by atoms with E-state index in [9.17, 15) is 0 Å². The van der Waals surface area contributed by atoms with Crippen LogP contribution in [0.25, 0.3) is 0 Å². The third-order valence-corrected chi connectivity index (χ3v) is 3.57. The molecule has 0 spiro atoms. The van der Waals surface area contributed by atoms with Crippen LogP contribution in [0.15, 0.2) is 36.5 Å². The Morgan fingerprint density at radius 3 is 2.60 bits per heavy atom. The smallest absolute Gasteiger partial charge is 0.122 e. The fraction of sp³-hybridized carbons (Fsp3) is 0.353. The molecule has 0 aliphatic rings. The average Bonchev–Trinajstić information content (AvgIpc) is 2.47. The quantitative estimate of drug-likeness (QED) is 0.906. The molecule has 1 aromatic carbocycles. The van der Waals surface area contributed by atoms with Crippen molar-refractivity contribution in [1.82, 2.24) is 10.3 Å². The second-order valence-corrected chi connectivity index (χ2v) is 5.10. The third-order valence-electron chi connectivity index (χ3n) is 3.57. The molecule has 1 N–H and O–H groups in total. The summed E-state index contributed by atoms with van der Waals surface area (Å²) < 4.78 is 5.40. The molecule has 1 aromatic heterocycles. The molecule has 3 nitrogen and oxygen atoms in total. The van der Waals surface area contributed by atoms with Crippen LogP contribution >= 0.6 is 0 Å². The summed E-state index contributed by atoms with van der Waals surface area (Å²) >= 11 is 0. The van der Waals surface area contributed by atoms with Gasteiger partial charge in [0.1, 0.15) is 5.75 Å². The summed E-state index contributed by atoms with van der Waals surface area (Å²) in [6.45, 7) is 4.11. The lowest BCUT2D eigenvalue weighted by Crippen LogP contribution is -2.19. The first-order valence-corrected chi connectivity index (χ1v) is 6.87. The SMILES string of the molecule is CNC(Cc1ccc(C)cn1)c1ccc(C)c(OC)c1. The number of rotatable bonds is 5. The first-order valence-electron chi connectivity index (χ1n) is 6.87.